The van der Waals surface area contributed by atoms with Gasteiger partial charge in [-0.25, -0.2) is 9.78 Å². The fraction of sp³-hybridized carbons (Fsp3) is 0.333. The lowest BCUT2D eigenvalue weighted by atomic mass is 10.1. The van der Waals surface area contributed by atoms with Crippen molar-refractivity contribution in [2.24, 2.45) is 5.92 Å². The van der Waals surface area contributed by atoms with Crippen LogP contribution in [0, 0.1) is 12.8 Å². The van der Waals surface area contributed by atoms with Crippen molar-refractivity contribution >= 4 is 33.3 Å². The number of benzene rings is 1. The molecule has 1 atom stereocenters. The minimum atomic E-state index is -0.706. The van der Waals surface area contributed by atoms with E-state index in [1.807, 2.05) is 19.9 Å². The highest BCUT2D eigenvalue weighted by Crippen LogP contribution is 2.28. The number of Topliss-reactive ketones (excluding diaryl/α,β-unsaturated/α-hetero) is 1. The molecule has 2 aromatic heterocycles. The number of ether oxygens (including phenoxy) is 1. The van der Waals surface area contributed by atoms with Gasteiger partial charge in [-0.05, 0) is 25.3 Å². The first-order valence-corrected chi connectivity index (χ1v) is 9.89. The molecule has 146 valence electrons. The molecule has 3 rings (SSSR count). The van der Waals surface area contributed by atoms with Crippen molar-refractivity contribution in [3.63, 3.8) is 0 Å². The Balaban J connectivity index is 1.99. The van der Waals surface area contributed by atoms with Gasteiger partial charge in [0.25, 0.3) is 5.56 Å². The third-order valence-electron chi connectivity index (χ3n) is 4.46. The zero-order valence-corrected chi connectivity index (χ0v) is 17.1. The number of carbonyl (C=O) groups is 2. The average molecular weight is 398 g/mol. The molecule has 0 bridgehead atoms. The molecular formula is C21H22N2O4S. The van der Waals surface area contributed by atoms with Gasteiger partial charge in [0, 0.05) is 5.56 Å². The molecule has 1 unspecified atom stereocenters. The molecule has 2 heterocycles. The topological polar surface area (TPSA) is 78.3 Å². The number of nitrogens with zero attached hydrogens (tertiary/aromatic N) is 2. The number of aromatic nitrogens is 2. The highest BCUT2D eigenvalue weighted by atomic mass is 32.1. The summed E-state index contributed by atoms with van der Waals surface area (Å²) < 4.78 is 6.61. The lowest BCUT2D eigenvalue weighted by Crippen LogP contribution is -2.28. The number of fused-ring (bicyclic) bond motifs is 1. The number of aryl methyl sites for hydroxylation is 1. The predicted octanol–water partition coefficient (Wildman–Crippen LogP) is 4.02. The number of hydrogen-bond acceptors (Lipinski definition) is 6. The summed E-state index contributed by atoms with van der Waals surface area (Å²) in [4.78, 5) is 43.3. The SMILES string of the molecule is Cc1c(C(=O)OCC(C)C)sc2ncn(C(C)C(=O)c3ccccc3)c(=O)c12. The minimum absolute atomic E-state index is 0.173. The first-order valence-electron chi connectivity index (χ1n) is 9.07. The molecule has 0 spiro atoms. The molecule has 6 nitrogen and oxygen atoms in total. The van der Waals surface area contributed by atoms with Crippen molar-refractivity contribution in [1.29, 1.82) is 0 Å². The van der Waals surface area contributed by atoms with E-state index in [0.29, 0.717) is 32.8 Å². The van der Waals surface area contributed by atoms with Crippen LogP contribution in [0.2, 0.25) is 0 Å². The highest BCUT2D eigenvalue weighted by molar-refractivity contribution is 7.20. The fourth-order valence-corrected chi connectivity index (χ4v) is 3.92. The van der Waals surface area contributed by atoms with E-state index in [-0.39, 0.29) is 17.3 Å². The Hall–Kier alpha value is -2.80. The van der Waals surface area contributed by atoms with Gasteiger partial charge >= 0.3 is 5.97 Å². The Morgan fingerprint density at radius 1 is 1.18 bits per heavy atom. The van der Waals surface area contributed by atoms with Gasteiger partial charge in [0.05, 0.1) is 24.4 Å². The average Bonchev–Trinajstić information content (AvgIpc) is 3.03. The van der Waals surface area contributed by atoms with Crippen LogP contribution in [0.1, 0.15) is 52.4 Å². The van der Waals surface area contributed by atoms with E-state index in [0.717, 1.165) is 11.3 Å². The summed E-state index contributed by atoms with van der Waals surface area (Å²) >= 11 is 1.14. The van der Waals surface area contributed by atoms with Crippen molar-refractivity contribution in [2.45, 2.75) is 33.7 Å². The summed E-state index contributed by atoms with van der Waals surface area (Å²) in [5.74, 6) is -0.402. The third kappa shape index (κ3) is 3.75. The van der Waals surface area contributed by atoms with Crippen molar-refractivity contribution in [3.8, 4) is 0 Å². The Kier molecular flexibility index (Phi) is 5.74. The van der Waals surface area contributed by atoms with Crippen molar-refractivity contribution in [3.05, 3.63) is 63.0 Å². The molecule has 0 aliphatic heterocycles. The van der Waals surface area contributed by atoms with Gasteiger partial charge in [0.15, 0.2) is 5.78 Å². The van der Waals surface area contributed by atoms with Crippen LogP contribution in [0.15, 0.2) is 41.5 Å². The summed E-state index contributed by atoms with van der Waals surface area (Å²) in [6.07, 6.45) is 1.37. The molecule has 0 fully saturated rings. The molecule has 0 amide bonds. The van der Waals surface area contributed by atoms with E-state index < -0.39 is 12.0 Å². The second kappa shape index (κ2) is 8.06. The fourth-order valence-electron chi connectivity index (χ4n) is 2.89. The van der Waals surface area contributed by atoms with Gasteiger partial charge in [-0.3, -0.25) is 14.2 Å². The molecule has 0 N–H and O–H groups in total. The second-order valence-electron chi connectivity index (χ2n) is 7.09. The molecular weight excluding hydrogens is 376 g/mol. The van der Waals surface area contributed by atoms with E-state index in [2.05, 4.69) is 4.98 Å². The molecule has 3 aromatic rings. The third-order valence-corrected chi connectivity index (χ3v) is 5.64. The monoisotopic (exact) mass is 398 g/mol. The van der Waals surface area contributed by atoms with E-state index >= 15 is 0 Å². The van der Waals surface area contributed by atoms with Crippen LogP contribution in [-0.4, -0.2) is 27.9 Å². The molecule has 1 aromatic carbocycles. The van der Waals surface area contributed by atoms with Crippen LogP contribution >= 0.6 is 11.3 Å². The standard InChI is InChI=1S/C21H22N2O4S/c1-12(2)10-27-21(26)18-13(3)16-19(28-18)22-11-23(20(16)25)14(4)17(24)15-8-6-5-7-9-15/h5-9,11-12,14H,10H2,1-4H3. The maximum Gasteiger partial charge on any atom is 0.348 e. The Morgan fingerprint density at radius 2 is 1.86 bits per heavy atom. The summed E-state index contributed by atoms with van der Waals surface area (Å²) in [6.45, 7) is 7.60. The Bertz CT molecular complexity index is 1080. The maximum atomic E-state index is 13.1. The number of rotatable bonds is 6. The van der Waals surface area contributed by atoms with Crippen LogP contribution in [0.3, 0.4) is 0 Å². The molecule has 0 aliphatic carbocycles. The Morgan fingerprint density at radius 3 is 2.50 bits per heavy atom. The van der Waals surface area contributed by atoms with Gasteiger partial charge in [-0.1, -0.05) is 44.2 Å². The number of thiophene rings is 1. The van der Waals surface area contributed by atoms with E-state index in [4.69, 9.17) is 4.74 Å². The molecule has 0 saturated heterocycles. The first-order chi connectivity index (χ1) is 13.3. The van der Waals surface area contributed by atoms with Crippen LogP contribution in [0.4, 0.5) is 0 Å². The number of carbonyl (C=O) groups excluding carboxylic acids is 2. The quantitative estimate of drug-likeness (QED) is 0.463. The first kappa shape index (κ1) is 19.9. The van der Waals surface area contributed by atoms with Crippen LogP contribution in [-0.2, 0) is 4.74 Å². The summed E-state index contributed by atoms with van der Waals surface area (Å²) in [5.41, 5.74) is 0.736. The van der Waals surface area contributed by atoms with E-state index in [1.165, 1.54) is 10.9 Å². The van der Waals surface area contributed by atoms with Crippen LogP contribution in [0.5, 0.6) is 0 Å². The zero-order valence-electron chi connectivity index (χ0n) is 16.3. The van der Waals surface area contributed by atoms with E-state index in [1.54, 1.807) is 38.1 Å². The number of ketones is 1. The van der Waals surface area contributed by atoms with Crippen molar-refractivity contribution in [2.75, 3.05) is 6.61 Å². The molecule has 7 heteroatoms. The van der Waals surface area contributed by atoms with Gasteiger partial charge < -0.3 is 4.74 Å². The molecule has 28 heavy (non-hydrogen) atoms. The number of hydrogen-bond donors (Lipinski definition) is 0. The van der Waals surface area contributed by atoms with Crippen LogP contribution < -0.4 is 5.56 Å². The van der Waals surface area contributed by atoms with Gasteiger partial charge in [-0.2, -0.15) is 0 Å². The zero-order chi connectivity index (χ0) is 20.4. The predicted molar refractivity (Wildman–Crippen MR) is 109 cm³/mol. The smallest absolute Gasteiger partial charge is 0.348 e. The van der Waals surface area contributed by atoms with Gasteiger partial charge in [0.2, 0.25) is 0 Å². The van der Waals surface area contributed by atoms with Gasteiger partial charge in [-0.15, -0.1) is 11.3 Å². The minimum Gasteiger partial charge on any atom is -0.461 e. The molecule has 0 radical (unpaired) electrons. The van der Waals surface area contributed by atoms with Crippen molar-refractivity contribution < 1.29 is 14.3 Å². The van der Waals surface area contributed by atoms with Crippen molar-refractivity contribution in [1.82, 2.24) is 9.55 Å². The summed E-state index contributed by atoms with van der Waals surface area (Å²) in [5, 5.41) is 0.358. The highest BCUT2D eigenvalue weighted by Gasteiger charge is 2.24. The normalized spacial score (nSPS) is 12.3. The lowest BCUT2D eigenvalue weighted by molar-refractivity contribution is 0.0464. The van der Waals surface area contributed by atoms with E-state index in [9.17, 15) is 14.4 Å². The Labute approximate surface area is 166 Å². The van der Waals surface area contributed by atoms with Crippen LogP contribution in [0.25, 0.3) is 10.2 Å². The summed E-state index contributed by atoms with van der Waals surface area (Å²) in [7, 11) is 0. The molecule has 0 saturated carbocycles. The molecule has 0 aliphatic rings. The second-order valence-corrected chi connectivity index (χ2v) is 8.09. The van der Waals surface area contributed by atoms with Gasteiger partial charge in [0.1, 0.15) is 9.71 Å². The summed E-state index contributed by atoms with van der Waals surface area (Å²) in [6, 6.07) is 8.12. The maximum absolute atomic E-state index is 13.1. The lowest BCUT2D eigenvalue weighted by Gasteiger charge is -2.13. The number of esters is 1. The largest absolute Gasteiger partial charge is 0.461 e.